The molecule has 9 heteroatoms. The van der Waals surface area contributed by atoms with Gasteiger partial charge >= 0.3 is 0 Å². The minimum absolute atomic E-state index is 0.0332. The van der Waals surface area contributed by atoms with Crippen LogP contribution in [0.15, 0.2) is 23.1 Å². The van der Waals surface area contributed by atoms with Gasteiger partial charge in [-0.05, 0) is 57.7 Å². The van der Waals surface area contributed by atoms with Gasteiger partial charge in [-0.2, -0.15) is 0 Å². The van der Waals surface area contributed by atoms with Crippen LogP contribution in [0.2, 0.25) is 0 Å². The molecule has 0 radical (unpaired) electrons. The van der Waals surface area contributed by atoms with Crippen LogP contribution in [0.5, 0.6) is 5.75 Å². The Labute approximate surface area is 178 Å². The maximum absolute atomic E-state index is 13.0. The molecule has 30 heavy (non-hydrogen) atoms. The highest BCUT2D eigenvalue weighted by atomic mass is 32.2. The molecule has 166 valence electrons. The van der Waals surface area contributed by atoms with Crippen LogP contribution in [0.1, 0.15) is 49.9 Å². The van der Waals surface area contributed by atoms with E-state index in [9.17, 15) is 18.0 Å². The summed E-state index contributed by atoms with van der Waals surface area (Å²) < 4.78 is 33.0. The summed E-state index contributed by atoms with van der Waals surface area (Å²) in [5.74, 6) is 0.131. The number of nitrogens with zero attached hydrogens (tertiary/aromatic N) is 2. The number of nitrogens with one attached hydrogen (secondary N) is 1. The SMILES string of the molecule is COc1ccc(C(=O)N2CCC(C(=O)N3CCCC3)CC2)cc1S(=O)(=O)NC(C)C. The van der Waals surface area contributed by atoms with Gasteiger partial charge in [-0.25, -0.2) is 13.1 Å². The molecule has 0 unspecified atom stereocenters. The number of carbonyl (C=O) groups excluding carboxylic acids is 2. The van der Waals surface area contributed by atoms with E-state index in [1.54, 1.807) is 24.8 Å². The molecular weight excluding hydrogens is 406 g/mol. The van der Waals surface area contributed by atoms with Crippen molar-refractivity contribution >= 4 is 21.8 Å². The van der Waals surface area contributed by atoms with Gasteiger partial charge in [-0.15, -0.1) is 0 Å². The highest BCUT2D eigenvalue weighted by Crippen LogP contribution is 2.27. The zero-order chi connectivity index (χ0) is 21.9. The van der Waals surface area contributed by atoms with Crippen LogP contribution in [-0.4, -0.2) is 69.4 Å². The molecule has 8 nitrogen and oxygen atoms in total. The molecule has 1 N–H and O–H groups in total. The fraction of sp³-hybridized carbons (Fsp3) is 0.619. The van der Waals surface area contributed by atoms with Crippen molar-refractivity contribution in [1.82, 2.24) is 14.5 Å². The number of methoxy groups -OCH3 is 1. The van der Waals surface area contributed by atoms with Crippen LogP contribution < -0.4 is 9.46 Å². The largest absolute Gasteiger partial charge is 0.495 e. The van der Waals surface area contributed by atoms with Crippen LogP contribution in [0.4, 0.5) is 0 Å². The smallest absolute Gasteiger partial charge is 0.253 e. The topological polar surface area (TPSA) is 96.0 Å². The van der Waals surface area contributed by atoms with Crippen molar-refractivity contribution in [3.63, 3.8) is 0 Å². The van der Waals surface area contributed by atoms with Crippen LogP contribution in [-0.2, 0) is 14.8 Å². The molecular formula is C21H31N3O5S. The highest BCUT2D eigenvalue weighted by molar-refractivity contribution is 7.89. The molecule has 2 amide bonds. The van der Waals surface area contributed by atoms with Crippen molar-refractivity contribution in [1.29, 1.82) is 0 Å². The summed E-state index contributed by atoms with van der Waals surface area (Å²) in [7, 11) is -2.42. The van der Waals surface area contributed by atoms with Gasteiger partial charge in [0.25, 0.3) is 5.91 Å². The molecule has 0 aliphatic carbocycles. The first-order valence-corrected chi connectivity index (χ1v) is 12.0. The van der Waals surface area contributed by atoms with Gasteiger partial charge in [0.15, 0.2) is 0 Å². The molecule has 0 aromatic heterocycles. The quantitative estimate of drug-likeness (QED) is 0.733. The first kappa shape index (κ1) is 22.6. The molecule has 2 saturated heterocycles. The Hall–Kier alpha value is -2.13. The zero-order valence-corrected chi connectivity index (χ0v) is 18.7. The van der Waals surface area contributed by atoms with Gasteiger partial charge < -0.3 is 14.5 Å². The summed E-state index contributed by atoms with van der Waals surface area (Å²) in [5.41, 5.74) is 0.296. The molecule has 0 atom stereocenters. The predicted octanol–water partition coefficient (Wildman–Crippen LogP) is 1.86. The van der Waals surface area contributed by atoms with Crippen LogP contribution >= 0.6 is 0 Å². The molecule has 3 rings (SSSR count). The number of rotatable bonds is 6. The predicted molar refractivity (Wildman–Crippen MR) is 113 cm³/mol. The number of carbonyl (C=O) groups is 2. The van der Waals surface area contributed by atoms with Crippen molar-refractivity contribution < 1.29 is 22.7 Å². The molecule has 0 saturated carbocycles. The standard InChI is InChI=1S/C21H31N3O5S/c1-15(2)22-30(27,28)19-14-17(6-7-18(19)29-3)21(26)24-12-8-16(9-13-24)20(25)23-10-4-5-11-23/h6-7,14-16,22H,4-5,8-13H2,1-3H3. The van der Waals surface area contributed by atoms with Gasteiger partial charge in [-0.1, -0.05) is 0 Å². The first-order valence-electron chi connectivity index (χ1n) is 10.5. The Morgan fingerprint density at radius 3 is 2.27 bits per heavy atom. The normalized spacial score (nSPS) is 18.1. The Morgan fingerprint density at radius 2 is 1.70 bits per heavy atom. The highest BCUT2D eigenvalue weighted by Gasteiger charge is 2.32. The maximum Gasteiger partial charge on any atom is 0.253 e. The summed E-state index contributed by atoms with van der Waals surface area (Å²) in [6.45, 7) is 6.11. The zero-order valence-electron chi connectivity index (χ0n) is 17.9. The average molecular weight is 438 g/mol. The molecule has 2 heterocycles. The second-order valence-corrected chi connectivity index (χ2v) is 9.92. The summed E-state index contributed by atoms with van der Waals surface area (Å²) >= 11 is 0. The first-order chi connectivity index (χ1) is 14.2. The Balaban J connectivity index is 1.71. The lowest BCUT2D eigenvalue weighted by Gasteiger charge is -2.33. The van der Waals surface area contributed by atoms with Gasteiger partial charge in [0, 0.05) is 43.7 Å². The molecule has 2 aliphatic heterocycles. The van der Waals surface area contributed by atoms with Crippen LogP contribution in [0.25, 0.3) is 0 Å². The average Bonchev–Trinajstić information content (AvgIpc) is 3.26. The number of sulfonamides is 1. The van der Waals surface area contributed by atoms with E-state index in [0.717, 1.165) is 25.9 Å². The lowest BCUT2D eigenvalue weighted by Crippen LogP contribution is -2.43. The Morgan fingerprint density at radius 1 is 1.07 bits per heavy atom. The molecule has 1 aromatic carbocycles. The number of amides is 2. The van der Waals surface area contributed by atoms with Crippen molar-refractivity contribution in [2.45, 2.75) is 50.5 Å². The minimum Gasteiger partial charge on any atom is -0.495 e. The van der Waals surface area contributed by atoms with E-state index in [-0.39, 0.29) is 34.4 Å². The van der Waals surface area contributed by atoms with Crippen LogP contribution in [0.3, 0.4) is 0 Å². The molecule has 2 aliphatic rings. The van der Waals surface area contributed by atoms with Crippen LogP contribution in [0, 0.1) is 5.92 Å². The van der Waals surface area contributed by atoms with Crippen molar-refractivity contribution in [2.75, 3.05) is 33.3 Å². The molecule has 2 fully saturated rings. The number of benzene rings is 1. The maximum atomic E-state index is 13.0. The van der Waals surface area contributed by atoms with E-state index in [2.05, 4.69) is 4.72 Å². The second-order valence-electron chi connectivity index (χ2n) is 8.24. The third-order valence-corrected chi connectivity index (χ3v) is 7.32. The van der Waals surface area contributed by atoms with Gasteiger partial charge in [0.2, 0.25) is 15.9 Å². The number of ether oxygens (including phenoxy) is 1. The van der Waals surface area contributed by atoms with Gasteiger partial charge in [0.1, 0.15) is 10.6 Å². The van der Waals surface area contributed by atoms with Crippen molar-refractivity contribution in [3.05, 3.63) is 23.8 Å². The fourth-order valence-electron chi connectivity index (χ4n) is 4.10. The molecule has 0 bridgehead atoms. The third-order valence-electron chi connectivity index (χ3n) is 5.64. The second kappa shape index (κ2) is 9.34. The number of hydrogen-bond donors (Lipinski definition) is 1. The lowest BCUT2D eigenvalue weighted by molar-refractivity contribution is -0.135. The monoisotopic (exact) mass is 437 g/mol. The summed E-state index contributed by atoms with van der Waals surface area (Å²) in [4.78, 5) is 29.2. The Kier molecular flexibility index (Phi) is 7.02. The number of likely N-dealkylation sites (tertiary alicyclic amines) is 2. The van der Waals surface area contributed by atoms with E-state index in [1.807, 2.05) is 4.90 Å². The van der Waals surface area contributed by atoms with E-state index in [4.69, 9.17) is 4.74 Å². The van der Waals surface area contributed by atoms with Crippen molar-refractivity contribution in [2.24, 2.45) is 5.92 Å². The summed E-state index contributed by atoms with van der Waals surface area (Å²) in [6, 6.07) is 4.17. The van der Waals surface area contributed by atoms with E-state index in [1.165, 1.54) is 19.2 Å². The fourth-order valence-corrected chi connectivity index (χ4v) is 5.55. The Bertz CT molecular complexity index is 886. The minimum atomic E-state index is -3.81. The molecule has 0 spiro atoms. The van der Waals surface area contributed by atoms with E-state index >= 15 is 0 Å². The number of hydrogen-bond acceptors (Lipinski definition) is 5. The van der Waals surface area contributed by atoms with Gasteiger partial charge in [-0.3, -0.25) is 9.59 Å². The van der Waals surface area contributed by atoms with E-state index in [0.29, 0.717) is 31.5 Å². The molecule has 1 aromatic rings. The van der Waals surface area contributed by atoms with Gasteiger partial charge in [0.05, 0.1) is 7.11 Å². The lowest BCUT2D eigenvalue weighted by atomic mass is 9.95. The third kappa shape index (κ3) is 4.95. The van der Waals surface area contributed by atoms with E-state index < -0.39 is 10.0 Å². The summed E-state index contributed by atoms with van der Waals surface area (Å²) in [6.07, 6.45) is 3.41. The number of piperidine rings is 1. The van der Waals surface area contributed by atoms with Crippen molar-refractivity contribution in [3.8, 4) is 5.75 Å². The summed E-state index contributed by atoms with van der Waals surface area (Å²) in [5, 5.41) is 0.